The van der Waals surface area contributed by atoms with Gasteiger partial charge in [-0.15, -0.1) is 0 Å². The van der Waals surface area contributed by atoms with Crippen LogP contribution in [0, 0.1) is 0 Å². The first-order chi connectivity index (χ1) is 10.4. The average molecular weight is 406 g/mol. The van der Waals surface area contributed by atoms with E-state index in [-0.39, 0.29) is 24.3 Å². The lowest BCUT2D eigenvalue weighted by atomic mass is 10.2. The Balaban J connectivity index is 2.80. The second-order valence-electron chi connectivity index (χ2n) is 6.49. The number of ether oxygens (including phenoxy) is 1. The molecule has 0 saturated carbocycles. The largest absolute Gasteiger partial charge is 0.490 e. The van der Waals surface area contributed by atoms with Crippen molar-refractivity contribution < 1.29 is 17.9 Å². The predicted octanol–water partition coefficient (Wildman–Crippen LogP) is 3.18. The summed E-state index contributed by atoms with van der Waals surface area (Å²) in [5, 5.41) is 2.65. The lowest BCUT2D eigenvalue weighted by Gasteiger charge is -2.19. The highest BCUT2D eigenvalue weighted by Crippen LogP contribution is 2.25. The van der Waals surface area contributed by atoms with Gasteiger partial charge in [0.25, 0.3) is 5.91 Å². The van der Waals surface area contributed by atoms with Gasteiger partial charge in [-0.1, -0.05) is 15.9 Å². The Kier molecular flexibility index (Phi) is 6.65. The van der Waals surface area contributed by atoms with Gasteiger partial charge in [0.1, 0.15) is 5.75 Å². The minimum Gasteiger partial charge on any atom is -0.490 e. The van der Waals surface area contributed by atoms with E-state index in [2.05, 4.69) is 21.2 Å². The van der Waals surface area contributed by atoms with Crippen LogP contribution in [0.1, 0.15) is 45.0 Å². The molecule has 0 aliphatic rings. The van der Waals surface area contributed by atoms with E-state index in [0.717, 1.165) is 4.47 Å². The molecule has 1 rings (SSSR count). The van der Waals surface area contributed by atoms with Gasteiger partial charge < -0.3 is 10.1 Å². The van der Waals surface area contributed by atoms with E-state index in [1.165, 1.54) is 0 Å². The molecule has 23 heavy (non-hydrogen) atoms. The number of rotatable bonds is 6. The summed E-state index contributed by atoms with van der Waals surface area (Å²) in [5.41, 5.74) is 0.384. The third-order valence-corrected chi connectivity index (χ3v) is 6.24. The molecule has 5 nitrogen and oxygen atoms in total. The van der Waals surface area contributed by atoms with Crippen molar-refractivity contribution >= 4 is 31.7 Å². The van der Waals surface area contributed by atoms with Crippen LogP contribution in [0.5, 0.6) is 5.75 Å². The molecule has 130 valence electrons. The van der Waals surface area contributed by atoms with Crippen molar-refractivity contribution in [1.29, 1.82) is 0 Å². The number of amides is 1. The van der Waals surface area contributed by atoms with Gasteiger partial charge in [-0.3, -0.25) is 4.79 Å². The number of carbonyl (C=O) groups excluding carboxylic acids is 1. The zero-order valence-corrected chi connectivity index (χ0v) is 16.5. The molecule has 0 bridgehead atoms. The maximum atomic E-state index is 12.3. The first-order valence-electron chi connectivity index (χ1n) is 7.41. The van der Waals surface area contributed by atoms with Crippen LogP contribution < -0.4 is 10.1 Å². The molecule has 0 aliphatic carbocycles. The summed E-state index contributed by atoms with van der Waals surface area (Å²) >= 11 is 3.34. The Hall–Kier alpha value is -1.08. The van der Waals surface area contributed by atoms with Crippen molar-refractivity contribution in [3.05, 3.63) is 28.2 Å². The van der Waals surface area contributed by atoms with Crippen LogP contribution >= 0.6 is 15.9 Å². The summed E-state index contributed by atoms with van der Waals surface area (Å²) in [6.45, 7) is 8.75. The number of halogens is 1. The average Bonchev–Trinajstić information content (AvgIpc) is 2.36. The molecule has 1 aromatic rings. The van der Waals surface area contributed by atoms with Crippen molar-refractivity contribution in [1.82, 2.24) is 5.32 Å². The van der Waals surface area contributed by atoms with Gasteiger partial charge in [-0.25, -0.2) is 8.42 Å². The van der Waals surface area contributed by atoms with Crippen molar-refractivity contribution in [2.75, 3.05) is 12.3 Å². The van der Waals surface area contributed by atoms with Gasteiger partial charge in [0.15, 0.2) is 9.84 Å². The molecule has 1 N–H and O–H groups in total. The monoisotopic (exact) mass is 405 g/mol. The van der Waals surface area contributed by atoms with Gasteiger partial charge in [-0.2, -0.15) is 0 Å². The molecule has 0 unspecified atom stereocenters. The SMILES string of the molecule is CC(C)Oc1cc(Br)ccc1C(=O)NCCS(=O)(=O)C(C)(C)C. The van der Waals surface area contributed by atoms with Crippen LogP contribution in [0.2, 0.25) is 0 Å². The number of hydrogen-bond acceptors (Lipinski definition) is 4. The van der Waals surface area contributed by atoms with Gasteiger partial charge in [0.2, 0.25) is 0 Å². The third-order valence-electron chi connectivity index (χ3n) is 3.14. The molecule has 0 heterocycles. The molecule has 1 amide bonds. The number of benzene rings is 1. The standard InChI is InChI=1S/C16H24BrNO4S/c1-11(2)22-14-10-12(17)6-7-13(14)15(19)18-8-9-23(20,21)16(3,4)5/h6-7,10-11H,8-9H2,1-5H3,(H,18,19). The zero-order chi connectivity index (χ0) is 17.8. The Morgan fingerprint density at radius 3 is 2.43 bits per heavy atom. The quantitative estimate of drug-likeness (QED) is 0.788. The molecule has 1 aromatic carbocycles. The molecule has 0 aliphatic heterocycles. The fourth-order valence-electron chi connectivity index (χ4n) is 1.74. The first kappa shape index (κ1) is 20.0. The lowest BCUT2D eigenvalue weighted by Crippen LogP contribution is -2.36. The lowest BCUT2D eigenvalue weighted by molar-refractivity contribution is 0.0950. The van der Waals surface area contributed by atoms with Crippen LogP contribution in [0.25, 0.3) is 0 Å². The second kappa shape index (κ2) is 7.66. The maximum absolute atomic E-state index is 12.3. The van der Waals surface area contributed by atoms with Crippen LogP contribution in [-0.4, -0.2) is 37.5 Å². The van der Waals surface area contributed by atoms with Crippen LogP contribution in [0.4, 0.5) is 0 Å². The molecule has 7 heteroatoms. The summed E-state index contributed by atoms with van der Waals surface area (Å²) in [6, 6.07) is 5.12. The highest BCUT2D eigenvalue weighted by molar-refractivity contribution is 9.10. The molecule has 0 atom stereocenters. The first-order valence-corrected chi connectivity index (χ1v) is 9.85. The molecular weight excluding hydrogens is 382 g/mol. The molecular formula is C16H24BrNO4S. The Morgan fingerprint density at radius 1 is 1.30 bits per heavy atom. The molecule has 0 fully saturated rings. The van der Waals surface area contributed by atoms with Crippen molar-refractivity contribution in [3.63, 3.8) is 0 Å². The van der Waals surface area contributed by atoms with Crippen LogP contribution in [0.3, 0.4) is 0 Å². The minimum absolute atomic E-state index is 0.0651. The number of sulfone groups is 1. The van der Waals surface area contributed by atoms with Crippen molar-refractivity contribution in [2.24, 2.45) is 0 Å². The number of carbonyl (C=O) groups is 1. The Labute approximate surface area is 146 Å². The summed E-state index contributed by atoms with van der Waals surface area (Å²) in [7, 11) is -3.26. The van der Waals surface area contributed by atoms with Crippen LogP contribution in [-0.2, 0) is 9.84 Å². The smallest absolute Gasteiger partial charge is 0.255 e. The fourth-order valence-corrected chi connectivity index (χ4v) is 3.06. The van der Waals surface area contributed by atoms with Gasteiger partial charge in [0.05, 0.1) is 22.2 Å². The predicted molar refractivity (Wildman–Crippen MR) is 95.8 cm³/mol. The highest BCUT2D eigenvalue weighted by atomic mass is 79.9. The van der Waals surface area contributed by atoms with E-state index in [1.54, 1.807) is 39.0 Å². The second-order valence-corrected chi connectivity index (χ2v) is 10.3. The Morgan fingerprint density at radius 2 is 1.91 bits per heavy atom. The van der Waals surface area contributed by atoms with E-state index >= 15 is 0 Å². The summed E-state index contributed by atoms with van der Waals surface area (Å²) in [5.74, 6) is 0.0156. The van der Waals surface area contributed by atoms with Crippen molar-refractivity contribution in [3.8, 4) is 5.75 Å². The van der Waals surface area contributed by atoms with Crippen molar-refractivity contribution in [2.45, 2.75) is 45.5 Å². The molecule has 0 radical (unpaired) electrons. The normalized spacial score (nSPS) is 12.3. The minimum atomic E-state index is -3.26. The topological polar surface area (TPSA) is 72.5 Å². The van der Waals surface area contributed by atoms with Gasteiger partial charge in [-0.05, 0) is 52.8 Å². The fraction of sp³-hybridized carbons (Fsp3) is 0.562. The number of nitrogens with one attached hydrogen (secondary N) is 1. The molecule has 0 spiro atoms. The van der Waals surface area contributed by atoms with Crippen LogP contribution in [0.15, 0.2) is 22.7 Å². The van der Waals surface area contributed by atoms with E-state index in [9.17, 15) is 13.2 Å². The van der Waals surface area contributed by atoms with Gasteiger partial charge in [0, 0.05) is 11.0 Å². The van der Waals surface area contributed by atoms with E-state index in [4.69, 9.17) is 4.74 Å². The Bertz CT molecular complexity index is 663. The van der Waals surface area contributed by atoms with E-state index in [0.29, 0.717) is 11.3 Å². The number of hydrogen-bond donors (Lipinski definition) is 1. The summed E-state index contributed by atoms with van der Waals surface area (Å²) in [4.78, 5) is 12.3. The van der Waals surface area contributed by atoms with E-state index in [1.807, 2.05) is 13.8 Å². The molecule has 0 aromatic heterocycles. The van der Waals surface area contributed by atoms with E-state index < -0.39 is 14.6 Å². The van der Waals surface area contributed by atoms with Gasteiger partial charge >= 0.3 is 0 Å². The maximum Gasteiger partial charge on any atom is 0.255 e. The molecule has 0 saturated heterocycles. The summed E-state index contributed by atoms with van der Waals surface area (Å²) < 4.78 is 29.7. The zero-order valence-electron chi connectivity index (χ0n) is 14.1. The highest BCUT2D eigenvalue weighted by Gasteiger charge is 2.28. The summed E-state index contributed by atoms with van der Waals surface area (Å²) in [6.07, 6.45) is -0.0721. The third kappa shape index (κ3) is 5.80.